The zero-order chi connectivity index (χ0) is 14.3. The molecule has 1 rings (SSSR count). The monoisotopic (exact) mass is 269 g/mol. The summed E-state index contributed by atoms with van der Waals surface area (Å²) in [6.45, 7) is 10.6. The summed E-state index contributed by atoms with van der Waals surface area (Å²) in [7, 11) is 0. The fourth-order valence-electron chi connectivity index (χ4n) is 2.26. The second kappa shape index (κ2) is 8.17. The number of hydrogen-bond acceptors (Lipinski definition) is 3. The van der Waals surface area contributed by atoms with Crippen LogP contribution in [0.3, 0.4) is 0 Å². The number of likely N-dealkylation sites (tertiary alicyclic amines) is 1. The van der Waals surface area contributed by atoms with Crippen molar-refractivity contribution in [2.24, 2.45) is 5.92 Å². The van der Waals surface area contributed by atoms with Gasteiger partial charge in [0.25, 0.3) is 0 Å². The molecule has 1 heterocycles. The van der Waals surface area contributed by atoms with Gasteiger partial charge in [-0.2, -0.15) is 0 Å². The van der Waals surface area contributed by atoms with E-state index in [1.165, 1.54) is 0 Å². The molecule has 110 valence electrons. The fourth-order valence-corrected chi connectivity index (χ4v) is 2.26. The minimum absolute atomic E-state index is 0.0249. The van der Waals surface area contributed by atoms with Gasteiger partial charge in [0, 0.05) is 25.7 Å². The van der Waals surface area contributed by atoms with Crippen LogP contribution in [0.2, 0.25) is 0 Å². The number of nitrogens with zero attached hydrogens (tertiary/aromatic N) is 1. The zero-order valence-corrected chi connectivity index (χ0v) is 12.1. The van der Waals surface area contributed by atoms with E-state index in [0.29, 0.717) is 0 Å². The van der Waals surface area contributed by atoms with Crippen molar-refractivity contribution in [1.82, 2.24) is 15.5 Å². The van der Waals surface area contributed by atoms with Gasteiger partial charge in [-0.25, -0.2) is 4.79 Å². The summed E-state index contributed by atoms with van der Waals surface area (Å²) in [5.74, 6) is 0.227. The molecule has 0 aromatic rings. The van der Waals surface area contributed by atoms with E-state index in [4.69, 9.17) is 0 Å². The van der Waals surface area contributed by atoms with Gasteiger partial charge < -0.3 is 15.7 Å². The lowest BCUT2D eigenvalue weighted by atomic mass is 10.0. The van der Waals surface area contributed by atoms with Gasteiger partial charge in [-0.15, -0.1) is 6.58 Å². The van der Waals surface area contributed by atoms with Crippen molar-refractivity contribution in [3.8, 4) is 0 Å². The van der Waals surface area contributed by atoms with E-state index in [9.17, 15) is 9.90 Å². The first kappa shape index (κ1) is 16.0. The highest BCUT2D eigenvalue weighted by Crippen LogP contribution is 2.10. The summed E-state index contributed by atoms with van der Waals surface area (Å²) < 4.78 is 0. The van der Waals surface area contributed by atoms with Gasteiger partial charge in [0.2, 0.25) is 0 Å². The second-order valence-electron chi connectivity index (χ2n) is 5.51. The molecule has 0 unspecified atom stereocenters. The van der Waals surface area contributed by atoms with E-state index in [2.05, 4.69) is 22.1 Å². The first-order valence-corrected chi connectivity index (χ1v) is 7.08. The topological polar surface area (TPSA) is 64.6 Å². The number of amides is 2. The highest BCUT2D eigenvalue weighted by Gasteiger charge is 2.21. The van der Waals surface area contributed by atoms with Crippen molar-refractivity contribution < 1.29 is 9.90 Å². The Morgan fingerprint density at radius 2 is 2.11 bits per heavy atom. The average molecular weight is 269 g/mol. The molecule has 5 nitrogen and oxygen atoms in total. The molecule has 1 aliphatic rings. The first-order valence-electron chi connectivity index (χ1n) is 7.08. The third-order valence-electron chi connectivity index (χ3n) is 3.63. The first-order chi connectivity index (χ1) is 9.06. The summed E-state index contributed by atoms with van der Waals surface area (Å²) in [6, 6.07) is -0.122. The Hall–Kier alpha value is -1.07. The molecule has 5 heteroatoms. The minimum Gasteiger partial charge on any atom is -0.394 e. The van der Waals surface area contributed by atoms with Crippen LogP contribution >= 0.6 is 0 Å². The molecule has 2 amide bonds. The molecule has 1 atom stereocenters. The normalized spacial score (nSPS) is 19.2. The van der Waals surface area contributed by atoms with Gasteiger partial charge in [-0.3, -0.25) is 4.90 Å². The summed E-state index contributed by atoms with van der Waals surface area (Å²) in [4.78, 5) is 14.2. The van der Waals surface area contributed by atoms with Gasteiger partial charge in [0.1, 0.15) is 0 Å². The number of urea groups is 1. The Kier molecular flexibility index (Phi) is 6.87. The smallest absolute Gasteiger partial charge is 0.315 e. The molecule has 0 saturated carbocycles. The van der Waals surface area contributed by atoms with Gasteiger partial charge in [0.15, 0.2) is 0 Å². The number of piperidine rings is 1. The van der Waals surface area contributed by atoms with E-state index < -0.39 is 0 Å². The van der Waals surface area contributed by atoms with Crippen LogP contribution < -0.4 is 10.6 Å². The van der Waals surface area contributed by atoms with Crippen molar-refractivity contribution in [1.29, 1.82) is 0 Å². The number of nitrogens with one attached hydrogen (secondary N) is 2. The highest BCUT2D eigenvalue weighted by molar-refractivity contribution is 5.74. The lowest BCUT2D eigenvalue weighted by molar-refractivity contribution is 0.185. The second-order valence-corrected chi connectivity index (χ2v) is 5.51. The fraction of sp³-hybridized carbons (Fsp3) is 0.786. The van der Waals surface area contributed by atoms with Crippen LogP contribution in [-0.2, 0) is 0 Å². The lowest BCUT2D eigenvalue weighted by Gasteiger charge is -2.32. The molecule has 1 aliphatic heterocycles. The molecule has 19 heavy (non-hydrogen) atoms. The molecule has 0 bridgehead atoms. The molecule has 0 radical (unpaired) electrons. The number of carbonyl (C=O) groups is 1. The van der Waals surface area contributed by atoms with Gasteiger partial charge in [0.05, 0.1) is 12.6 Å². The van der Waals surface area contributed by atoms with Crippen LogP contribution in [0.15, 0.2) is 12.7 Å². The van der Waals surface area contributed by atoms with Gasteiger partial charge >= 0.3 is 6.03 Å². The maximum Gasteiger partial charge on any atom is 0.315 e. The van der Waals surface area contributed by atoms with Crippen LogP contribution in [0.5, 0.6) is 0 Å². The van der Waals surface area contributed by atoms with E-state index in [1.807, 2.05) is 19.9 Å². The van der Waals surface area contributed by atoms with Crippen molar-refractivity contribution in [2.45, 2.75) is 38.8 Å². The largest absolute Gasteiger partial charge is 0.394 e. The number of aliphatic hydroxyl groups excluding tert-OH is 1. The molecular weight excluding hydrogens is 242 g/mol. The molecular formula is C14H27N3O2. The predicted octanol–water partition coefficient (Wildman–Crippen LogP) is 0.953. The van der Waals surface area contributed by atoms with Crippen molar-refractivity contribution in [2.75, 3.05) is 26.2 Å². The Morgan fingerprint density at radius 3 is 2.58 bits per heavy atom. The maximum absolute atomic E-state index is 11.8. The van der Waals surface area contributed by atoms with Gasteiger partial charge in [-0.1, -0.05) is 19.9 Å². The predicted molar refractivity (Wildman–Crippen MR) is 77.0 cm³/mol. The van der Waals surface area contributed by atoms with Crippen LogP contribution in [-0.4, -0.2) is 54.4 Å². The van der Waals surface area contributed by atoms with E-state index in [0.717, 1.165) is 32.5 Å². The van der Waals surface area contributed by atoms with Crippen LogP contribution in [0, 0.1) is 5.92 Å². The van der Waals surface area contributed by atoms with Crippen LogP contribution in [0.4, 0.5) is 4.79 Å². The zero-order valence-electron chi connectivity index (χ0n) is 12.1. The average Bonchev–Trinajstić information content (AvgIpc) is 2.38. The molecule has 1 saturated heterocycles. The number of hydrogen-bond donors (Lipinski definition) is 3. The SMILES string of the molecule is C=CCN1CCC(NC(=O)N[C@H](CO)C(C)C)CC1. The van der Waals surface area contributed by atoms with Crippen molar-refractivity contribution >= 4 is 6.03 Å². The number of aliphatic hydroxyl groups is 1. The quantitative estimate of drug-likeness (QED) is 0.629. The summed E-state index contributed by atoms with van der Waals surface area (Å²) in [5, 5.41) is 15.0. The Balaban J connectivity index is 2.28. The van der Waals surface area contributed by atoms with Gasteiger partial charge in [-0.05, 0) is 18.8 Å². The van der Waals surface area contributed by atoms with Crippen LogP contribution in [0.25, 0.3) is 0 Å². The molecule has 3 N–H and O–H groups in total. The molecule has 0 spiro atoms. The van der Waals surface area contributed by atoms with E-state index in [1.54, 1.807) is 0 Å². The standard InChI is InChI=1S/C14H27N3O2/c1-4-7-17-8-5-12(6-9-17)15-14(19)16-13(10-18)11(2)3/h4,11-13,18H,1,5-10H2,2-3H3,(H2,15,16,19)/t13-/m1/s1. The molecule has 0 aromatic heterocycles. The Morgan fingerprint density at radius 1 is 1.47 bits per heavy atom. The summed E-state index contributed by atoms with van der Waals surface area (Å²) in [6.07, 6.45) is 3.84. The molecule has 0 aliphatic carbocycles. The van der Waals surface area contributed by atoms with E-state index in [-0.39, 0.29) is 30.6 Å². The maximum atomic E-state index is 11.8. The summed E-state index contributed by atoms with van der Waals surface area (Å²) in [5.41, 5.74) is 0. The molecule has 1 fully saturated rings. The third kappa shape index (κ3) is 5.61. The highest BCUT2D eigenvalue weighted by atomic mass is 16.3. The number of rotatable bonds is 6. The Labute approximate surface area is 116 Å². The molecule has 0 aromatic carbocycles. The summed E-state index contributed by atoms with van der Waals surface area (Å²) >= 11 is 0. The van der Waals surface area contributed by atoms with Crippen molar-refractivity contribution in [3.05, 3.63) is 12.7 Å². The van der Waals surface area contributed by atoms with E-state index >= 15 is 0 Å². The Bertz CT molecular complexity index is 286. The number of carbonyl (C=O) groups excluding carboxylic acids is 1. The lowest BCUT2D eigenvalue weighted by Crippen LogP contribution is -2.51. The minimum atomic E-state index is -0.180. The van der Waals surface area contributed by atoms with Crippen LogP contribution in [0.1, 0.15) is 26.7 Å². The van der Waals surface area contributed by atoms with Crippen molar-refractivity contribution in [3.63, 3.8) is 0 Å². The third-order valence-corrected chi connectivity index (χ3v) is 3.63.